The van der Waals surface area contributed by atoms with Gasteiger partial charge in [-0.2, -0.15) is 18.2 Å². The Hall–Kier alpha value is -4.97. The van der Waals surface area contributed by atoms with Crippen molar-refractivity contribution in [1.82, 2.24) is 18.5 Å². The first kappa shape index (κ1) is 26.6. The van der Waals surface area contributed by atoms with Crippen LogP contribution in [0, 0.1) is 18.5 Å². The van der Waals surface area contributed by atoms with E-state index in [1.54, 1.807) is 11.3 Å². The van der Waals surface area contributed by atoms with Crippen LogP contribution in [0.1, 0.15) is 0 Å². The van der Waals surface area contributed by atoms with Crippen molar-refractivity contribution in [2.24, 2.45) is 0 Å². The van der Waals surface area contributed by atoms with Crippen LogP contribution in [0.2, 0.25) is 0 Å². The van der Waals surface area contributed by atoms with Crippen LogP contribution < -0.4 is 9.30 Å². The zero-order valence-electron chi connectivity index (χ0n) is 23.0. The molecule has 6 nitrogen and oxygen atoms in total. The minimum absolute atomic E-state index is 0. The molecule has 0 radical (unpaired) electrons. The van der Waals surface area contributed by atoms with Crippen LogP contribution >= 0.6 is 11.3 Å². The fourth-order valence-corrected chi connectivity index (χ4v) is 6.48. The third-order valence-corrected chi connectivity index (χ3v) is 8.49. The predicted octanol–water partition coefficient (Wildman–Crippen LogP) is 7.90. The van der Waals surface area contributed by atoms with Gasteiger partial charge in [0.05, 0.1) is 22.9 Å². The average molecular weight is 767 g/mol. The zero-order valence-corrected chi connectivity index (χ0v) is 26.1. The van der Waals surface area contributed by atoms with Crippen molar-refractivity contribution in [3.05, 3.63) is 145 Å². The van der Waals surface area contributed by atoms with Crippen molar-refractivity contribution < 1.29 is 30.4 Å². The number of para-hydroxylation sites is 4. The number of rotatable bonds is 5. The summed E-state index contributed by atoms with van der Waals surface area (Å²) in [5.74, 6) is 2.02. The van der Waals surface area contributed by atoms with Gasteiger partial charge >= 0.3 is 0 Å². The molecule has 0 bridgehead atoms. The van der Waals surface area contributed by atoms with Gasteiger partial charge in [0.15, 0.2) is 0 Å². The molecule has 0 amide bonds. The van der Waals surface area contributed by atoms with Crippen LogP contribution in [0.3, 0.4) is 0 Å². The van der Waals surface area contributed by atoms with Gasteiger partial charge in [-0.15, -0.1) is 41.0 Å². The van der Waals surface area contributed by atoms with E-state index in [0.717, 1.165) is 55.0 Å². The van der Waals surface area contributed by atoms with Gasteiger partial charge in [0.2, 0.25) is 5.95 Å². The van der Waals surface area contributed by atoms with Crippen molar-refractivity contribution in [1.29, 1.82) is 0 Å². The van der Waals surface area contributed by atoms with Crippen molar-refractivity contribution in [3.8, 4) is 28.8 Å². The van der Waals surface area contributed by atoms with E-state index in [-0.39, 0.29) is 21.1 Å². The molecule has 5 aromatic carbocycles. The van der Waals surface area contributed by atoms with E-state index < -0.39 is 0 Å². The van der Waals surface area contributed by atoms with Crippen LogP contribution in [0.5, 0.6) is 11.5 Å². The molecule has 0 aliphatic heterocycles. The fourth-order valence-electron chi connectivity index (χ4n) is 5.78. The smallest absolute Gasteiger partial charge is 0.268 e. The normalized spacial score (nSPS) is 11.5. The Kier molecular flexibility index (Phi) is 6.44. The monoisotopic (exact) mass is 766 g/mol. The molecule has 0 atom stereocenters. The zero-order chi connectivity index (χ0) is 28.3. The van der Waals surface area contributed by atoms with Crippen LogP contribution in [-0.4, -0.2) is 18.5 Å². The number of aromatic nitrogens is 5. The first-order chi connectivity index (χ1) is 21.3. The van der Waals surface area contributed by atoms with Gasteiger partial charge in [0, 0.05) is 49.7 Å². The third kappa shape index (κ3) is 4.20. The summed E-state index contributed by atoms with van der Waals surface area (Å²) in [5, 5.41) is 4.30. The maximum atomic E-state index is 6.41. The number of hydrogen-bond donors (Lipinski definition) is 0. The second-order valence-corrected chi connectivity index (χ2v) is 11.1. The van der Waals surface area contributed by atoms with Gasteiger partial charge in [0.1, 0.15) is 4.83 Å². The van der Waals surface area contributed by atoms with E-state index in [1.807, 2.05) is 71.6 Å². The minimum Gasteiger partial charge on any atom is -0.510 e. The Balaban J connectivity index is 0.00000289. The van der Waals surface area contributed by atoms with E-state index in [1.165, 1.54) is 0 Å². The van der Waals surface area contributed by atoms with E-state index >= 15 is 0 Å². The van der Waals surface area contributed by atoms with Gasteiger partial charge in [-0.05, 0) is 29.3 Å². The number of fused-ring (bicyclic) bond motifs is 5. The molecule has 8 heteroatoms. The van der Waals surface area contributed by atoms with Crippen molar-refractivity contribution >= 4 is 49.0 Å². The van der Waals surface area contributed by atoms with Gasteiger partial charge in [-0.1, -0.05) is 66.2 Å². The van der Waals surface area contributed by atoms with Crippen molar-refractivity contribution in [2.75, 3.05) is 0 Å². The van der Waals surface area contributed by atoms with Gasteiger partial charge in [0.25, 0.3) is 6.33 Å². The number of ether oxygens (including phenoxy) is 1. The van der Waals surface area contributed by atoms with Crippen LogP contribution in [0.4, 0.5) is 0 Å². The molecular weight excluding hydrogens is 746 g/mol. The molecule has 44 heavy (non-hydrogen) atoms. The molecule has 4 heterocycles. The van der Waals surface area contributed by atoms with Gasteiger partial charge in [-0.25, -0.2) is 4.98 Å². The third-order valence-electron chi connectivity index (χ3n) is 7.69. The van der Waals surface area contributed by atoms with Crippen molar-refractivity contribution in [3.63, 3.8) is 0 Å². The van der Waals surface area contributed by atoms with E-state index in [9.17, 15) is 0 Å². The van der Waals surface area contributed by atoms with Crippen LogP contribution in [0.25, 0.3) is 55.0 Å². The summed E-state index contributed by atoms with van der Waals surface area (Å²) in [6.45, 7) is 0. The quantitative estimate of drug-likeness (QED) is 0.132. The maximum Gasteiger partial charge on any atom is 0.268 e. The number of benzene rings is 5. The molecule has 0 spiro atoms. The molecule has 0 N–H and O–H groups in total. The van der Waals surface area contributed by atoms with E-state index in [2.05, 4.69) is 92.0 Å². The van der Waals surface area contributed by atoms with Gasteiger partial charge in [-0.3, -0.25) is 8.97 Å². The molecule has 0 aliphatic rings. The Morgan fingerprint density at radius 3 is 2.43 bits per heavy atom. The molecule has 0 saturated carbocycles. The minimum atomic E-state index is 0. The molecule has 0 unspecified atom stereocenters. The molecular formula is C36H21N5OPtS-2. The number of thiazole rings is 1. The summed E-state index contributed by atoms with van der Waals surface area (Å²) >= 11 is 1.66. The Morgan fingerprint density at radius 2 is 1.52 bits per heavy atom. The number of hydrogen-bond acceptors (Lipinski definition) is 3. The maximum absolute atomic E-state index is 6.41. The largest absolute Gasteiger partial charge is 0.510 e. The van der Waals surface area contributed by atoms with E-state index in [0.29, 0.717) is 11.5 Å². The van der Waals surface area contributed by atoms with Crippen molar-refractivity contribution in [2.45, 2.75) is 0 Å². The second kappa shape index (κ2) is 10.6. The topological polar surface area (TPSA) is 40.3 Å². The predicted molar refractivity (Wildman–Crippen MR) is 169 cm³/mol. The standard InChI is InChI=1S/C36H21N5OS.Pt/c1-2-9-25(10-3-1)39-24-40(33-16-7-6-15-32(33)39)26-11-8-12-27(21-26)42-28-17-18-30-29-13-4-5-14-31(29)41(34(30)22-28)36-37-23-35-38(36)19-20-43-35;/h1-20,23H;/q-2;. The Morgan fingerprint density at radius 1 is 0.727 bits per heavy atom. The number of nitrogens with zero attached hydrogens (tertiary/aromatic N) is 5. The summed E-state index contributed by atoms with van der Waals surface area (Å²) < 4.78 is 14.8. The molecule has 4 aromatic heterocycles. The first-order valence-electron chi connectivity index (χ1n) is 13.9. The number of imidazole rings is 2. The summed E-state index contributed by atoms with van der Waals surface area (Å²) in [5.41, 5.74) is 5.92. The average Bonchev–Trinajstić information content (AvgIpc) is 3.83. The Bertz CT molecular complexity index is 2450. The molecule has 0 fully saturated rings. The second-order valence-electron chi connectivity index (χ2n) is 10.2. The molecule has 0 saturated heterocycles. The molecule has 9 aromatic rings. The molecule has 0 aliphatic carbocycles. The Labute approximate surface area is 270 Å². The summed E-state index contributed by atoms with van der Waals surface area (Å²) in [7, 11) is 0. The fraction of sp³-hybridized carbons (Fsp3) is 0. The first-order valence-corrected chi connectivity index (χ1v) is 14.8. The van der Waals surface area contributed by atoms with Crippen LogP contribution in [-0.2, 0) is 21.1 Å². The molecule has 9 rings (SSSR count). The van der Waals surface area contributed by atoms with Crippen LogP contribution in [0.15, 0.2) is 127 Å². The summed E-state index contributed by atoms with van der Waals surface area (Å²) in [4.78, 5) is 5.85. The SMILES string of the molecule is [Pt].[c-]1c(Oc2[c-]c3c(cc2)c2ccccc2n3-c2ncc3sccn23)cccc1-n1[c-][n+](-c2ccccc2)c2ccccc21. The summed E-state index contributed by atoms with van der Waals surface area (Å²) in [6, 6.07) is 43.8. The summed E-state index contributed by atoms with van der Waals surface area (Å²) in [6.07, 6.45) is 7.47. The molecule has 214 valence electrons. The van der Waals surface area contributed by atoms with Gasteiger partial charge < -0.3 is 13.9 Å². The van der Waals surface area contributed by atoms with E-state index in [4.69, 9.17) is 9.72 Å².